The van der Waals surface area contributed by atoms with Gasteiger partial charge in [-0.1, -0.05) is 24.3 Å². The van der Waals surface area contributed by atoms with E-state index in [2.05, 4.69) is 16.4 Å². The molecule has 0 spiro atoms. The highest BCUT2D eigenvalue weighted by molar-refractivity contribution is 5.94. The fraction of sp³-hybridized carbons (Fsp3) is 0.290. The smallest absolute Gasteiger partial charge is 0.252 e. The lowest BCUT2D eigenvalue weighted by atomic mass is 9.78. The normalized spacial score (nSPS) is 19.5. The predicted molar refractivity (Wildman–Crippen MR) is 144 cm³/mol. The first-order valence-electron chi connectivity index (χ1n) is 12.9. The molecule has 1 N–H and O–H groups in total. The molecular formula is C31H26F2N4O3. The first kappa shape index (κ1) is 26.0. The van der Waals surface area contributed by atoms with E-state index in [9.17, 15) is 18.8 Å². The number of benzene rings is 2. The number of ether oxygens (including phenoxy) is 2. The maximum absolute atomic E-state index is 13.8. The van der Waals surface area contributed by atoms with Crippen LogP contribution in [0.4, 0.5) is 8.78 Å². The second-order valence-electron chi connectivity index (χ2n) is 10.6. The van der Waals surface area contributed by atoms with E-state index in [-0.39, 0.29) is 32.3 Å². The minimum absolute atomic E-state index is 0.00245. The third-order valence-corrected chi connectivity index (χ3v) is 7.79. The van der Waals surface area contributed by atoms with Gasteiger partial charge in [0.1, 0.15) is 10.8 Å². The topological polar surface area (TPSA) is 97.1 Å². The summed E-state index contributed by atoms with van der Waals surface area (Å²) in [6, 6.07) is 20.2. The van der Waals surface area contributed by atoms with Crippen LogP contribution in [0, 0.1) is 11.3 Å². The summed E-state index contributed by atoms with van der Waals surface area (Å²) in [6.07, 6.45) is -0.824. The summed E-state index contributed by atoms with van der Waals surface area (Å²) in [5.41, 5.74) is 3.31. The van der Waals surface area contributed by atoms with Crippen molar-refractivity contribution in [2.24, 2.45) is 0 Å². The highest BCUT2D eigenvalue weighted by Crippen LogP contribution is 2.39. The minimum atomic E-state index is -2.52. The summed E-state index contributed by atoms with van der Waals surface area (Å²) >= 11 is 0. The molecular weight excluding hydrogens is 514 g/mol. The van der Waals surface area contributed by atoms with Gasteiger partial charge >= 0.3 is 0 Å². The quantitative estimate of drug-likeness (QED) is 0.367. The number of nitriles is 1. The van der Waals surface area contributed by atoms with Crippen molar-refractivity contribution < 1.29 is 23.0 Å². The monoisotopic (exact) mass is 540 g/mol. The van der Waals surface area contributed by atoms with Gasteiger partial charge in [0.25, 0.3) is 12.3 Å². The molecule has 2 aromatic heterocycles. The lowest BCUT2D eigenvalue weighted by Crippen LogP contribution is -2.52. The predicted octanol–water partition coefficient (Wildman–Crippen LogP) is 5.07. The van der Waals surface area contributed by atoms with Gasteiger partial charge < -0.3 is 14.8 Å². The molecule has 9 heteroatoms. The van der Waals surface area contributed by atoms with Crippen molar-refractivity contribution in [1.82, 2.24) is 15.3 Å². The van der Waals surface area contributed by atoms with Crippen LogP contribution >= 0.6 is 0 Å². The van der Waals surface area contributed by atoms with Gasteiger partial charge in [-0.2, -0.15) is 5.26 Å². The zero-order valence-electron chi connectivity index (χ0n) is 21.8. The Hall–Kier alpha value is -4.26. The van der Waals surface area contributed by atoms with Crippen molar-refractivity contribution in [2.45, 2.75) is 37.3 Å². The van der Waals surface area contributed by atoms with Gasteiger partial charge in [0.05, 0.1) is 55.9 Å². The Kier molecular flexibility index (Phi) is 6.53. The van der Waals surface area contributed by atoms with E-state index in [1.165, 1.54) is 0 Å². The summed E-state index contributed by atoms with van der Waals surface area (Å²) in [5.74, 6) is -0.275. The fourth-order valence-corrected chi connectivity index (χ4v) is 5.21. The number of carbonyl (C=O) groups excluding carboxylic acids is 1. The van der Waals surface area contributed by atoms with Crippen LogP contribution in [0.1, 0.15) is 39.7 Å². The highest BCUT2D eigenvalue weighted by atomic mass is 19.3. The van der Waals surface area contributed by atoms with Crippen LogP contribution in [0.15, 0.2) is 66.9 Å². The molecule has 4 aromatic rings. The molecule has 2 aliphatic heterocycles. The third kappa shape index (κ3) is 4.49. The Morgan fingerprint density at radius 3 is 2.70 bits per heavy atom. The number of amides is 1. The number of alkyl halides is 2. The number of carbonyl (C=O) groups is 1. The number of hydrogen-bond acceptors (Lipinski definition) is 6. The molecule has 2 aromatic carbocycles. The van der Waals surface area contributed by atoms with E-state index < -0.39 is 17.3 Å². The Balaban J connectivity index is 1.21. The molecule has 1 amide bonds. The van der Waals surface area contributed by atoms with Crippen LogP contribution in [-0.4, -0.2) is 42.1 Å². The average molecular weight is 541 g/mol. The van der Waals surface area contributed by atoms with Crippen molar-refractivity contribution in [3.8, 4) is 17.3 Å². The Bertz CT molecular complexity index is 1660. The van der Waals surface area contributed by atoms with Gasteiger partial charge in [0.15, 0.2) is 0 Å². The van der Waals surface area contributed by atoms with Crippen molar-refractivity contribution in [3.05, 3.63) is 94.8 Å². The van der Waals surface area contributed by atoms with Crippen LogP contribution in [0.25, 0.3) is 22.2 Å². The van der Waals surface area contributed by atoms with Gasteiger partial charge in [-0.25, -0.2) is 13.8 Å². The molecule has 1 saturated heterocycles. The number of hydrogen-bond donors (Lipinski definition) is 1. The molecule has 1 fully saturated rings. The molecule has 0 unspecified atom stereocenters. The van der Waals surface area contributed by atoms with Gasteiger partial charge in [-0.15, -0.1) is 0 Å². The van der Waals surface area contributed by atoms with Crippen molar-refractivity contribution in [1.29, 1.82) is 5.26 Å². The lowest BCUT2D eigenvalue weighted by molar-refractivity contribution is -0.133. The van der Waals surface area contributed by atoms with Crippen molar-refractivity contribution >= 4 is 16.8 Å². The van der Waals surface area contributed by atoms with Crippen molar-refractivity contribution in [2.75, 3.05) is 19.8 Å². The summed E-state index contributed by atoms with van der Waals surface area (Å²) in [4.78, 5) is 22.2. The summed E-state index contributed by atoms with van der Waals surface area (Å²) in [5, 5.41) is 13.4. The molecule has 0 aliphatic carbocycles. The van der Waals surface area contributed by atoms with Gasteiger partial charge in [-0.05, 0) is 60.0 Å². The third-order valence-electron chi connectivity index (χ3n) is 7.79. The van der Waals surface area contributed by atoms with Gasteiger partial charge in [0.2, 0.25) is 0 Å². The molecule has 202 valence electrons. The molecule has 0 radical (unpaired) electrons. The van der Waals surface area contributed by atoms with Gasteiger partial charge in [0, 0.05) is 22.7 Å². The van der Waals surface area contributed by atoms with Crippen LogP contribution < -0.4 is 5.32 Å². The molecule has 1 atom stereocenters. The molecule has 0 bridgehead atoms. The Labute approximate surface area is 229 Å². The zero-order chi connectivity index (χ0) is 27.9. The van der Waals surface area contributed by atoms with Crippen molar-refractivity contribution in [3.63, 3.8) is 0 Å². The number of halogens is 2. The second-order valence-corrected chi connectivity index (χ2v) is 10.6. The largest absolute Gasteiger partial charge is 0.379 e. The summed E-state index contributed by atoms with van der Waals surface area (Å²) < 4.78 is 38.3. The van der Waals surface area contributed by atoms with E-state index in [1.807, 2.05) is 31.2 Å². The molecule has 7 nitrogen and oxygen atoms in total. The number of fused-ring (bicyclic) bond motifs is 2. The number of pyridine rings is 2. The minimum Gasteiger partial charge on any atom is -0.379 e. The number of aromatic nitrogens is 2. The lowest BCUT2D eigenvalue weighted by Gasteiger charge is -2.41. The molecule has 6 rings (SSSR count). The first-order valence-corrected chi connectivity index (χ1v) is 12.9. The van der Waals surface area contributed by atoms with Gasteiger partial charge in [-0.3, -0.25) is 9.78 Å². The highest BCUT2D eigenvalue weighted by Gasteiger charge is 2.48. The van der Waals surface area contributed by atoms with Crippen LogP contribution in [-0.2, 0) is 33.5 Å². The van der Waals surface area contributed by atoms with Crippen LogP contribution in [0.2, 0.25) is 0 Å². The van der Waals surface area contributed by atoms with Crippen LogP contribution in [0.3, 0.4) is 0 Å². The molecule has 2 aliphatic rings. The van der Waals surface area contributed by atoms with Crippen LogP contribution in [0.5, 0.6) is 0 Å². The fourth-order valence-electron chi connectivity index (χ4n) is 5.21. The van der Waals surface area contributed by atoms with E-state index in [1.54, 1.807) is 42.6 Å². The molecule has 4 heterocycles. The maximum Gasteiger partial charge on any atom is 0.252 e. The summed E-state index contributed by atoms with van der Waals surface area (Å²) in [6.45, 7) is 2.68. The Morgan fingerprint density at radius 1 is 1.10 bits per heavy atom. The average Bonchev–Trinajstić information content (AvgIpc) is 2.95. The van der Waals surface area contributed by atoms with E-state index in [0.29, 0.717) is 34.6 Å². The second kappa shape index (κ2) is 10.0. The SMILES string of the molecule is C[C@@]1(C#N)COCc2ccc(C(=O)NCc3cc4nc(-c5cccc(C6(C(F)F)COC6)c5)ccc4cn3)cc21. The molecule has 40 heavy (non-hydrogen) atoms. The maximum atomic E-state index is 13.8. The number of nitrogens with zero attached hydrogens (tertiary/aromatic N) is 3. The Morgan fingerprint density at radius 2 is 1.95 bits per heavy atom. The molecule has 0 saturated carbocycles. The number of nitrogens with one attached hydrogen (secondary N) is 1. The van der Waals surface area contributed by atoms with E-state index in [0.717, 1.165) is 22.1 Å². The zero-order valence-corrected chi connectivity index (χ0v) is 21.8. The van der Waals surface area contributed by atoms with E-state index >= 15 is 0 Å². The standard InChI is InChI=1S/C31H26F2N4O3/c1-30(15-34)16-39-14-22-6-5-20(10-25(22)30)28(38)36-13-24-11-27-21(12-35-24)7-8-26(37-27)19-3-2-4-23(9-19)31(29(32)33)17-40-18-31/h2-12,29H,13-14,16-18H2,1H3,(H,36,38)/t30-/m1/s1. The van der Waals surface area contributed by atoms with E-state index in [4.69, 9.17) is 14.5 Å². The number of rotatable bonds is 6. The first-order chi connectivity index (χ1) is 19.3. The summed E-state index contributed by atoms with van der Waals surface area (Å²) in [7, 11) is 0.